The molecule has 0 N–H and O–H groups in total. The van der Waals surface area contributed by atoms with Gasteiger partial charge < -0.3 is 9.47 Å². The summed E-state index contributed by atoms with van der Waals surface area (Å²) in [5.41, 5.74) is 2.28. The molecule has 0 bridgehead atoms. The molecule has 0 amide bonds. The van der Waals surface area contributed by atoms with Crippen molar-refractivity contribution in [3.05, 3.63) is 44.7 Å². The average molecular weight is 379 g/mol. The zero-order valence-electron chi connectivity index (χ0n) is 14.6. The van der Waals surface area contributed by atoms with Crippen LogP contribution in [0, 0.1) is 0 Å². The van der Waals surface area contributed by atoms with Gasteiger partial charge >= 0.3 is 0 Å². The number of rotatable bonds is 3. The number of hydrogen-bond acceptors (Lipinski definition) is 5. The predicted molar refractivity (Wildman–Crippen MR) is 101 cm³/mol. The second-order valence-electron chi connectivity index (χ2n) is 6.94. The van der Waals surface area contributed by atoms with Gasteiger partial charge in [-0.1, -0.05) is 17.7 Å². The van der Waals surface area contributed by atoms with E-state index in [2.05, 4.69) is 28.9 Å². The number of aromatic nitrogens is 1. The van der Waals surface area contributed by atoms with Crippen molar-refractivity contribution in [3.63, 3.8) is 0 Å². The van der Waals surface area contributed by atoms with Crippen LogP contribution in [-0.2, 0) is 23.3 Å². The molecule has 2 aliphatic heterocycles. The van der Waals surface area contributed by atoms with Crippen molar-refractivity contribution in [1.82, 2.24) is 9.88 Å². The van der Waals surface area contributed by atoms with E-state index in [1.807, 2.05) is 12.1 Å². The lowest BCUT2D eigenvalue weighted by molar-refractivity contribution is -0.110. The molecule has 2 aliphatic rings. The first-order chi connectivity index (χ1) is 12.1. The van der Waals surface area contributed by atoms with Crippen molar-refractivity contribution in [1.29, 1.82) is 0 Å². The molecule has 1 saturated heterocycles. The molecule has 134 valence electrons. The molecule has 0 radical (unpaired) electrons. The first-order valence-corrected chi connectivity index (χ1v) is 9.96. The Kier molecular flexibility index (Phi) is 4.75. The predicted octanol–water partition coefficient (Wildman–Crippen LogP) is 4.26. The van der Waals surface area contributed by atoms with Crippen LogP contribution >= 0.6 is 22.9 Å². The van der Waals surface area contributed by atoms with Crippen molar-refractivity contribution in [2.45, 2.75) is 44.4 Å². The van der Waals surface area contributed by atoms with Crippen LogP contribution in [0.25, 0.3) is 0 Å². The van der Waals surface area contributed by atoms with Crippen LogP contribution in [0.15, 0.2) is 24.3 Å². The molecule has 0 aliphatic carbocycles. The summed E-state index contributed by atoms with van der Waals surface area (Å²) in [7, 11) is 1.66. The molecule has 4 rings (SSSR count). The first-order valence-electron chi connectivity index (χ1n) is 8.76. The van der Waals surface area contributed by atoms with E-state index in [4.69, 9.17) is 21.1 Å². The summed E-state index contributed by atoms with van der Waals surface area (Å²) in [6.07, 6.45) is 2.98. The maximum absolute atomic E-state index is 6.34. The lowest BCUT2D eigenvalue weighted by atomic mass is 9.82. The molecular formula is C19H23ClN2O2S. The zero-order chi connectivity index (χ0) is 17.4. The fourth-order valence-electron chi connectivity index (χ4n) is 4.08. The topological polar surface area (TPSA) is 34.6 Å². The molecule has 4 heterocycles. The third-order valence-corrected chi connectivity index (χ3v) is 6.84. The Hall–Kier alpha value is -1.14. The highest BCUT2D eigenvalue weighted by Crippen LogP contribution is 2.48. The second-order valence-corrected chi connectivity index (χ2v) is 8.63. The van der Waals surface area contributed by atoms with Gasteiger partial charge in [-0.3, -0.25) is 4.90 Å². The summed E-state index contributed by atoms with van der Waals surface area (Å²) >= 11 is 7.99. The first kappa shape index (κ1) is 17.3. The van der Waals surface area contributed by atoms with Crippen LogP contribution in [0.5, 0.6) is 5.88 Å². The van der Waals surface area contributed by atoms with Crippen LogP contribution in [0.1, 0.15) is 35.9 Å². The Balaban J connectivity index is 1.51. The van der Waals surface area contributed by atoms with E-state index in [1.165, 1.54) is 10.4 Å². The number of piperidine rings is 1. The monoisotopic (exact) mass is 378 g/mol. The van der Waals surface area contributed by atoms with Crippen LogP contribution < -0.4 is 4.74 Å². The molecule has 0 aromatic carbocycles. The summed E-state index contributed by atoms with van der Waals surface area (Å²) in [6, 6.07) is 8.50. The SMILES string of the molecule is COc1cccc(CN2CC[C@]3(C[C@@H]2C)OCCc2cc(Cl)sc23)n1. The van der Waals surface area contributed by atoms with Crippen molar-refractivity contribution in [3.8, 4) is 5.88 Å². The Morgan fingerprint density at radius 2 is 2.36 bits per heavy atom. The number of thiophene rings is 1. The van der Waals surface area contributed by atoms with E-state index >= 15 is 0 Å². The molecule has 0 saturated carbocycles. The molecule has 2 atom stereocenters. The van der Waals surface area contributed by atoms with E-state index in [-0.39, 0.29) is 5.60 Å². The van der Waals surface area contributed by atoms with Gasteiger partial charge in [-0.15, -0.1) is 11.3 Å². The fourth-order valence-corrected chi connectivity index (χ4v) is 5.56. The minimum atomic E-state index is -0.150. The highest BCUT2D eigenvalue weighted by Gasteiger charge is 2.44. The minimum Gasteiger partial charge on any atom is -0.481 e. The van der Waals surface area contributed by atoms with Gasteiger partial charge in [-0.05, 0) is 43.9 Å². The molecule has 1 spiro atoms. The number of methoxy groups -OCH3 is 1. The van der Waals surface area contributed by atoms with Gasteiger partial charge in [0.2, 0.25) is 5.88 Å². The van der Waals surface area contributed by atoms with Gasteiger partial charge in [0, 0.05) is 30.1 Å². The molecule has 2 aromatic heterocycles. The van der Waals surface area contributed by atoms with E-state index in [0.29, 0.717) is 11.9 Å². The summed E-state index contributed by atoms with van der Waals surface area (Å²) in [5, 5.41) is 0. The van der Waals surface area contributed by atoms with Crippen molar-refractivity contribution in [2.75, 3.05) is 20.3 Å². The maximum atomic E-state index is 6.34. The molecule has 25 heavy (non-hydrogen) atoms. The number of likely N-dealkylation sites (tertiary alicyclic amines) is 1. The highest BCUT2D eigenvalue weighted by atomic mass is 35.5. The molecule has 4 nitrogen and oxygen atoms in total. The van der Waals surface area contributed by atoms with E-state index in [9.17, 15) is 0 Å². The van der Waals surface area contributed by atoms with Crippen LogP contribution in [0.4, 0.5) is 0 Å². The number of nitrogens with zero attached hydrogens (tertiary/aromatic N) is 2. The third-order valence-electron chi connectivity index (χ3n) is 5.35. The Bertz CT molecular complexity index is 766. The van der Waals surface area contributed by atoms with E-state index in [1.54, 1.807) is 18.4 Å². The Labute approximate surface area is 157 Å². The zero-order valence-corrected chi connectivity index (χ0v) is 16.2. The number of hydrogen-bond donors (Lipinski definition) is 0. The molecule has 0 unspecified atom stereocenters. The molecular weight excluding hydrogens is 356 g/mol. The highest BCUT2D eigenvalue weighted by molar-refractivity contribution is 7.16. The van der Waals surface area contributed by atoms with Gasteiger partial charge in [0.05, 0.1) is 23.7 Å². The normalized spacial score (nSPS) is 26.6. The van der Waals surface area contributed by atoms with E-state index < -0.39 is 0 Å². The van der Waals surface area contributed by atoms with Gasteiger partial charge in [0.1, 0.15) is 5.60 Å². The van der Waals surface area contributed by atoms with Crippen LogP contribution in [0.2, 0.25) is 4.34 Å². The van der Waals surface area contributed by atoms with Crippen molar-refractivity contribution >= 4 is 22.9 Å². The number of pyridine rings is 1. The molecule has 1 fully saturated rings. The van der Waals surface area contributed by atoms with E-state index in [0.717, 1.165) is 49.0 Å². The lowest BCUT2D eigenvalue weighted by Crippen LogP contribution is -2.50. The quantitative estimate of drug-likeness (QED) is 0.799. The smallest absolute Gasteiger partial charge is 0.213 e. The Morgan fingerprint density at radius 1 is 1.48 bits per heavy atom. The maximum Gasteiger partial charge on any atom is 0.213 e. The third kappa shape index (κ3) is 3.31. The van der Waals surface area contributed by atoms with Gasteiger partial charge in [0.15, 0.2) is 0 Å². The lowest BCUT2D eigenvalue weighted by Gasteiger charge is -2.47. The fraction of sp³-hybridized carbons (Fsp3) is 0.526. The molecule has 2 aromatic rings. The number of ether oxygens (including phenoxy) is 2. The number of fused-ring (bicyclic) bond motifs is 2. The van der Waals surface area contributed by atoms with Gasteiger partial charge in [0.25, 0.3) is 0 Å². The molecule has 6 heteroatoms. The standard InChI is InChI=1S/C19H23ClN2O2S/c1-13-11-19(18-14(6-9-24-19)10-16(20)25-18)7-8-22(13)12-15-4-3-5-17(21-15)23-2/h3-5,10,13H,6-9,11-12H2,1-2H3/t13-,19+/m0/s1. The summed E-state index contributed by atoms with van der Waals surface area (Å²) in [4.78, 5) is 8.39. The van der Waals surface area contributed by atoms with Crippen LogP contribution in [0.3, 0.4) is 0 Å². The second kappa shape index (κ2) is 6.88. The summed E-state index contributed by atoms with van der Waals surface area (Å²) < 4.78 is 12.5. The Morgan fingerprint density at radius 3 is 3.16 bits per heavy atom. The number of halogens is 1. The minimum absolute atomic E-state index is 0.150. The largest absolute Gasteiger partial charge is 0.481 e. The summed E-state index contributed by atoms with van der Waals surface area (Å²) in [5.74, 6) is 0.673. The van der Waals surface area contributed by atoms with Crippen LogP contribution in [-0.4, -0.2) is 36.2 Å². The van der Waals surface area contributed by atoms with Crippen molar-refractivity contribution in [2.24, 2.45) is 0 Å². The van der Waals surface area contributed by atoms with Gasteiger partial charge in [-0.2, -0.15) is 0 Å². The van der Waals surface area contributed by atoms with Crippen molar-refractivity contribution < 1.29 is 9.47 Å². The van der Waals surface area contributed by atoms with Gasteiger partial charge in [-0.25, -0.2) is 4.98 Å². The average Bonchev–Trinajstić information content (AvgIpc) is 3.00. The summed E-state index contributed by atoms with van der Waals surface area (Å²) in [6.45, 7) is 4.92.